The van der Waals surface area contributed by atoms with E-state index in [1.54, 1.807) is 40.7 Å². The summed E-state index contributed by atoms with van der Waals surface area (Å²) in [4.78, 5) is 43.8. The number of carbonyl (C=O) groups is 2. The van der Waals surface area contributed by atoms with E-state index in [9.17, 15) is 32.7 Å². The average Bonchev–Trinajstić information content (AvgIpc) is 2.98. The summed E-state index contributed by atoms with van der Waals surface area (Å²) < 4.78 is 78.8. The Morgan fingerprint density at radius 3 is 2.20 bits per heavy atom. The summed E-state index contributed by atoms with van der Waals surface area (Å²) >= 11 is 0. The molecule has 0 aliphatic carbocycles. The highest BCUT2D eigenvalue weighted by molar-refractivity contribution is 6.00. The number of aromatic carboxylic acids is 1. The third-order valence-electron chi connectivity index (χ3n) is 7.24. The van der Waals surface area contributed by atoms with E-state index < -0.39 is 81.1 Å². The summed E-state index contributed by atoms with van der Waals surface area (Å²) in [5.74, 6) is -10.6. The number of carbonyl (C=O) groups excluding carboxylic acids is 1. The first-order valence-electron chi connectivity index (χ1n) is 13.7. The molecule has 13 heteroatoms. The van der Waals surface area contributed by atoms with E-state index in [4.69, 9.17) is 11.2 Å². The number of aromatic nitrogens is 2. The summed E-state index contributed by atoms with van der Waals surface area (Å²) in [7, 11) is 0. The molecule has 0 saturated carbocycles. The maximum absolute atomic E-state index is 15.0. The minimum Gasteiger partial charge on any atom is -0.478 e. The van der Waals surface area contributed by atoms with Crippen molar-refractivity contribution in [2.75, 3.05) is 11.4 Å². The minimum absolute atomic E-state index is 0.102. The molecule has 4 aromatic rings. The fourth-order valence-electron chi connectivity index (χ4n) is 4.82. The zero-order chi connectivity index (χ0) is 34.2. The van der Waals surface area contributed by atoms with Gasteiger partial charge in [0, 0.05) is 12.1 Å². The maximum atomic E-state index is 15.0. The van der Waals surface area contributed by atoms with Gasteiger partial charge in [0.1, 0.15) is 5.82 Å². The second-order valence-corrected chi connectivity index (χ2v) is 11.5. The molecule has 1 aromatic heterocycles. The number of halogens is 5. The van der Waals surface area contributed by atoms with Crippen LogP contribution in [-0.2, 0) is 22.8 Å². The molecule has 0 unspecified atom stereocenters. The molecule has 0 fully saturated rings. The van der Waals surface area contributed by atoms with Gasteiger partial charge in [-0.2, -0.15) is 0 Å². The number of esters is 1. The molecule has 0 atom stereocenters. The van der Waals surface area contributed by atoms with Crippen LogP contribution >= 0.6 is 0 Å². The van der Waals surface area contributed by atoms with Crippen LogP contribution in [0.2, 0.25) is 0 Å². The van der Waals surface area contributed by atoms with Crippen LogP contribution in [0.3, 0.4) is 0 Å². The first kappa shape index (κ1) is 33.6. The maximum Gasteiger partial charge on any atom is 0.337 e. The molecule has 1 N–H and O–H groups in total. The standard InChI is InChI=1S/C33H28F5N3O5/c1-7-11-40(29-19(9-8-10-20(29)31(43)44)23-24(34)26(36)28(38)27(37)25(23)35)14-18-13-21-22(12-16(18)2)39-17(3)41(30(21)42)15-46-32(45)33(4,5)6/h1,8-10,12-13H,11,14-15H2,2-6H3,(H,43,44). The predicted octanol–water partition coefficient (Wildman–Crippen LogP) is 6.26. The number of benzene rings is 3. The van der Waals surface area contributed by atoms with Crippen molar-refractivity contribution in [1.82, 2.24) is 9.55 Å². The van der Waals surface area contributed by atoms with Gasteiger partial charge in [-0.05, 0) is 63.9 Å². The Morgan fingerprint density at radius 1 is 1.02 bits per heavy atom. The Labute approximate surface area is 260 Å². The Morgan fingerprint density at radius 2 is 1.63 bits per heavy atom. The van der Waals surface area contributed by atoms with Crippen LogP contribution in [0.15, 0.2) is 35.1 Å². The van der Waals surface area contributed by atoms with E-state index in [-0.39, 0.29) is 24.3 Å². The van der Waals surface area contributed by atoms with Crippen LogP contribution in [-0.4, -0.2) is 33.1 Å². The Balaban J connectivity index is 1.90. The molecular weight excluding hydrogens is 613 g/mol. The van der Waals surface area contributed by atoms with Crippen molar-refractivity contribution < 1.29 is 41.4 Å². The molecule has 0 saturated heterocycles. The highest BCUT2D eigenvalue weighted by atomic mass is 19.2. The minimum atomic E-state index is -2.37. The smallest absolute Gasteiger partial charge is 0.337 e. The van der Waals surface area contributed by atoms with Crippen molar-refractivity contribution >= 4 is 28.5 Å². The normalized spacial score (nSPS) is 11.4. The molecule has 0 aliphatic heterocycles. The number of hydrogen-bond donors (Lipinski definition) is 1. The van der Waals surface area contributed by atoms with Gasteiger partial charge in [-0.1, -0.05) is 18.1 Å². The average molecular weight is 642 g/mol. The van der Waals surface area contributed by atoms with Crippen molar-refractivity contribution in [3.8, 4) is 23.5 Å². The van der Waals surface area contributed by atoms with Gasteiger partial charge >= 0.3 is 11.9 Å². The van der Waals surface area contributed by atoms with Crippen molar-refractivity contribution in [3.05, 3.63) is 92.3 Å². The molecule has 46 heavy (non-hydrogen) atoms. The zero-order valence-electron chi connectivity index (χ0n) is 25.4. The van der Waals surface area contributed by atoms with Crippen LogP contribution in [0.1, 0.15) is 48.1 Å². The molecule has 0 amide bonds. The number of aryl methyl sites for hydroxylation is 2. The van der Waals surface area contributed by atoms with Gasteiger partial charge in [-0.3, -0.25) is 14.2 Å². The Hall–Kier alpha value is -5.25. The quantitative estimate of drug-likeness (QED) is 0.0797. The predicted molar refractivity (Wildman–Crippen MR) is 160 cm³/mol. The molecule has 1 heterocycles. The fraction of sp³-hybridized carbons (Fsp3) is 0.273. The summed E-state index contributed by atoms with van der Waals surface area (Å²) in [5, 5.41) is 10.1. The monoisotopic (exact) mass is 641 g/mol. The topological polar surface area (TPSA) is 102 Å². The number of fused-ring (bicyclic) bond motifs is 1. The van der Waals surface area contributed by atoms with Gasteiger partial charge < -0.3 is 14.7 Å². The lowest BCUT2D eigenvalue weighted by molar-refractivity contribution is -0.157. The van der Waals surface area contributed by atoms with Crippen molar-refractivity contribution in [1.29, 1.82) is 0 Å². The van der Waals surface area contributed by atoms with Crippen LogP contribution < -0.4 is 10.5 Å². The van der Waals surface area contributed by atoms with E-state index >= 15 is 8.78 Å². The number of carboxylic acids is 1. The largest absolute Gasteiger partial charge is 0.478 e. The number of para-hydroxylation sites is 1. The first-order valence-corrected chi connectivity index (χ1v) is 13.7. The second kappa shape index (κ2) is 12.6. The molecule has 0 radical (unpaired) electrons. The van der Waals surface area contributed by atoms with E-state index in [0.29, 0.717) is 16.6 Å². The highest BCUT2D eigenvalue weighted by Gasteiger charge is 2.31. The second-order valence-electron chi connectivity index (χ2n) is 11.5. The lowest BCUT2D eigenvalue weighted by Gasteiger charge is -2.28. The fourth-order valence-corrected chi connectivity index (χ4v) is 4.82. The Kier molecular flexibility index (Phi) is 9.23. The van der Waals surface area contributed by atoms with Gasteiger partial charge in [-0.25, -0.2) is 31.7 Å². The zero-order valence-corrected chi connectivity index (χ0v) is 25.4. The summed E-state index contributed by atoms with van der Waals surface area (Å²) in [6.45, 7) is 7.15. The van der Waals surface area contributed by atoms with Gasteiger partial charge in [0.05, 0.1) is 39.7 Å². The van der Waals surface area contributed by atoms with Crippen molar-refractivity contribution in [3.63, 3.8) is 0 Å². The summed E-state index contributed by atoms with van der Waals surface area (Å²) in [6, 6.07) is 6.26. The molecule has 0 spiro atoms. The van der Waals surface area contributed by atoms with E-state index in [1.165, 1.54) is 11.0 Å². The van der Waals surface area contributed by atoms with Crippen LogP contribution in [0.25, 0.3) is 22.0 Å². The van der Waals surface area contributed by atoms with E-state index in [0.717, 1.165) is 22.8 Å². The number of ether oxygens (including phenoxy) is 1. The lowest BCUT2D eigenvalue weighted by atomic mass is 9.96. The molecule has 4 rings (SSSR count). The number of hydrogen-bond acceptors (Lipinski definition) is 6. The Bertz CT molecular complexity index is 1980. The van der Waals surface area contributed by atoms with Gasteiger partial charge in [0.2, 0.25) is 5.82 Å². The van der Waals surface area contributed by atoms with Crippen molar-refractivity contribution in [2.45, 2.75) is 47.9 Å². The van der Waals surface area contributed by atoms with Crippen molar-refractivity contribution in [2.24, 2.45) is 5.41 Å². The highest BCUT2D eigenvalue weighted by Crippen LogP contribution is 2.40. The van der Waals surface area contributed by atoms with E-state index in [2.05, 4.69) is 10.9 Å². The van der Waals surface area contributed by atoms with Gasteiger partial charge in [-0.15, -0.1) is 6.42 Å². The molecule has 240 valence electrons. The third kappa shape index (κ3) is 6.15. The number of nitrogens with zero attached hydrogens (tertiary/aromatic N) is 3. The molecule has 0 bridgehead atoms. The molecule has 3 aromatic carbocycles. The lowest BCUT2D eigenvalue weighted by Crippen LogP contribution is -2.30. The SMILES string of the molecule is C#CCN(Cc1cc2c(=O)n(COC(=O)C(C)(C)C)c(C)nc2cc1C)c1c(C(=O)O)cccc1-c1c(F)c(F)c(F)c(F)c1F. The van der Waals surface area contributed by atoms with E-state index in [1.807, 2.05) is 0 Å². The summed E-state index contributed by atoms with van der Waals surface area (Å²) in [5.41, 5.74) is -3.01. The molecular formula is C33H28F5N3O5. The van der Waals surface area contributed by atoms with Crippen LogP contribution in [0, 0.1) is 60.7 Å². The first-order chi connectivity index (χ1) is 21.5. The number of terminal acetylenes is 1. The number of carboxylic acid groups (broad SMARTS) is 1. The van der Waals surface area contributed by atoms with Gasteiger partial charge in [0.25, 0.3) is 5.56 Å². The van der Waals surface area contributed by atoms with Crippen LogP contribution in [0.4, 0.5) is 27.6 Å². The number of anilines is 1. The summed E-state index contributed by atoms with van der Waals surface area (Å²) in [6.07, 6.45) is 5.58. The van der Waals surface area contributed by atoms with Gasteiger partial charge in [0.15, 0.2) is 30.0 Å². The van der Waals surface area contributed by atoms with Crippen LogP contribution in [0.5, 0.6) is 0 Å². The number of rotatable bonds is 8. The third-order valence-corrected chi connectivity index (χ3v) is 7.24. The molecule has 0 aliphatic rings. The molecule has 8 nitrogen and oxygen atoms in total.